The predicted molar refractivity (Wildman–Crippen MR) is 84.4 cm³/mol. The number of aromatic nitrogens is 1. The van der Waals surface area contributed by atoms with Crippen LogP contribution in [0.3, 0.4) is 0 Å². The van der Waals surface area contributed by atoms with Crippen LogP contribution in [0.5, 0.6) is 0 Å². The van der Waals surface area contributed by atoms with Crippen LogP contribution in [0, 0.1) is 0 Å². The SMILES string of the molecule is OCCSc1ccccc1CN=Nc1ccc(Br)cn1. The molecule has 0 aliphatic rings. The van der Waals surface area contributed by atoms with E-state index in [-0.39, 0.29) is 6.61 Å². The molecule has 1 aromatic carbocycles. The van der Waals surface area contributed by atoms with Crippen molar-refractivity contribution in [1.82, 2.24) is 4.98 Å². The van der Waals surface area contributed by atoms with Gasteiger partial charge in [-0.15, -0.1) is 16.9 Å². The molecule has 0 amide bonds. The highest BCUT2D eigenvalue weighted by atomic mass is 79.9. The van der Waals surface area contributed by atoms with Gasteiger partial charge < -0.3 is 5.11 Å². The molecule has 2 rings (SSSR count). The van der Waals surface area contributed by atoms with Crippen molar-refractivity contribution in [2.45, 2.75) is 11.4 Å². The highest BCUT2D eigenvalue weighted by Crippen LogP contribution is 2.23. The fourth-order valence-electron chi connectivity index (χ4n) is 1.54. The number of hydrogen-bond acceptors (Lipinski definition) is 5. The van der Waals surface area contributed by atoms with E-state index in [0.29, 0.717) is 18.1 Å². The Bertz CT molecular complexity index is 575. The number of rotatable bonds is 6. The van der Waals surface area contributed by atoms with Crippen molar-refractivity contribution in [3.8, 4) is 0 Å². The Hall–Kier alpha value is -1.24. The standard InChI is InChI=1S/C14H14BrN3OS/c15-12-5-6-14(16-10-12)18-17-9-11-3-1-2-4-13(11)20-8-7-19/h1-6,10,19H,7-9H2. The van der Waals surface area contributed by atoms with Gasteiger partial charge in [-0.1, -0.05) is 18.2 Å². The zero-order chi connectivity index (χ0) is 14.2. The van der Waals surface area contributed by atoms with Crippen molar-refractivity contribution in [2.24, 2.45) is 10.2 Å². The number of aliphatic hydroxyl groups is 1. The van der Waals surface area contributed by atoms with Gasteiger partial charge in [0.2, 0.25) is 0 Å². The van der Waals surface area contributed by atoms with Crippen LogP contribution in [0.25, 0.3) is 0 Å². The van der Waals surface area contributed by atoms with E-state index in [9.17, 15) is 0 Å². The molecule has 0 unspecified atom stereocenters. The third-order valence-electron chi connectivity index (χ3n) is 2.45. The maximum Gasteiger partial charge on any atom is 0.173 e. The van der Waals surface area contributed by atoms with E-state index in [0.717, 1.165) is 14.9 Å². The van der Waals surface area contributed by atoms with Crippen LogP contribution in [0.4, 0.5) is 5.82 Å². The lowest BCUT2D eigenvalue weighted by Crippen LogP contribution is -1.90. The molecule has 1 N–H and O–H groups in total. The molecule has 104 valence electrons. The van der Waals surface area contributed by atoms with E-state index in [1.165, 1.54) is 0 Å². The fraction of sp³-hybridized carbons (Fsp3) is 0.214. The van der Waals surface area contributed by atoms with Crippen molar-refractivity contribution in [3.05, 3.63) is 52.6 Å². The van der Waals surface area contributed by atoms with Crippen molar-refractivity contribution in [2.75, 3.05) is 12.4 Å². The van der Waals surface area contributed by atoms with E-state index < -0.39 is 0 Å². The summed E-state index contributed by atoms with van der Waals surface area (Å²) in [5.41, 5.74) is 1.10. The monoisotopic (exact) mass is 351 g/mol. The number of hydrogen-bond donors (Lipinski definition) is 1. The third-order valence-corrected chi connectivity index (χ3v) is 4.01. The van der Waals surface area contributed by atoms with E-state index in [1.807, 2.05) is 30.3 Å². The van der Waals surface area contributed by atoms with E-state index in [4.69, 9.17) is 5.11 Å². The zero-order valence-corrected chi connectivity index (χ0v) is 13.1. The van der Waals surface area contributed by atoms with E-state index in [2.05, 4.69) is 31.1 Å². The Labute approximate surface area is 130 Å². The molecule has 1 heterocycles. The maximum atomic E-state index is 8.89. The smallest absolute Gasteiger partial charge is 0.173 e. The third kappa shape index (κ3) is 4.70. The first kappa shape index (κ1) is 15.2. The molecule has 0 atom stereocenters. The molecule has 0 radical (unpaired) electrons. The largest absolute Gasteiger partial charge is 0.396 e. The lowest BCUT2D eigenvalue weighted by atomic mass is 10.2. The van der Waals surface area contributed by atoms with Crippen LogP contribution in [-0.2, 0) is 6.54 Å². The van der Waals surface area contributed by atoms with Gasteiger partial charge in [0.15, 0.2) is 5.82 Å². The summed E-state index contributed by atoms with van der Waals surface area (Å²) in [6.07, 6.45) is 1.69. The maximum absolute atomic E-state index is 8.89. The minimum atomic E-state index is 0.170. The number of halogens is 1. The number of benzene rings is 1. The summed E-state index contributed by atoms with van der Waals surface area (Å²) in [6.45, 7) is 0.676. The van der Waals surface area contributed by atoms with Gasteiger partial charge in [0, 0.05) is 21.3 Å². The Morgan fingerprint density at radius 1 is 1.20 bits per heavy atom. The minimum Gasteiger partial charge on any atom is -0.396 e. The van der Waals surface area contributed by atoms with Gasteiger partial charge in [0.05, 0.1) is 13.2 Å². The summed E-state index contributed by atoms with van der Waals surface area (Å²) in [5, 5.41) is 17.2. The molecular weight excluding hydrogens is 338 g/mol. The van der Waals surface area contributed by atoms with Gasteiger partial charge in [-0.3, -0.25) is 0 Å². The number of thioether (sulfide) groups is 1. The molecule has 0 bridgehead atoms. The Morgan fingerprint density at radius 3 is 2.80 bits per heavy atom. The number of aliphatic hydroxyl groups excluding tert-OH is 1. The molecule has 0 aliphatic heterocycles. The zero-order valence-electron chi connectivity index (χ0n) is 10.7. The van der Waals surface area contributed by atoms with Crippen molar-refractivity contribution >= 4 is 33.5 Å². The van der Waals surface area contributed by atoms with Gasteiger partial charge in [0.25, 0.3) is 0 Å². The summed E-state index contributed by atoms with van der Waals surface area (Å²) < 4.78 is 0.919. The van der Waals surface area contributed by atoms with Gasteiger partial charge in [0.1, 0.15) is 0 Å². The molecule has 0 spiro atoms. The summed E-state index contributed by atoms with van der Waals surface area (Å²) in [7, 11) is 0. The van der Waals surface area contributed by atoms with Gasteiger partial charge in [-0.05, 0) is 39.7 Å². The van der Waals surface area contributed by atoms with Gasteiger partial charge in [-0.25, -0.2) is 4.98 Å². The first-order chi connectivity index (χ1) is 9.79. The molecule has 0 fully saturated rings. The normalized spacial score (nSPS) is 11.1. The average molecular weight is 352 g/mol. The number of pyridine rings is 1. The Kier molecular flexibility index (Phi) is 6.17. The topological polar surface area (TPSA) is 57.8 Å². The van der Waals surface area contributed by atoms with Crippen LogP contribution in [0.2, 0.25) is 0 Å². The molecule has 0 saturated carbocycles. The molecule has 0 saturated heterocycles. The first-order valence-corrected chi connectivity index (χ1v) is 7.88. The number of azo groups is 1. The number of nitrogens with zero attached hydrogens (tertiary/aromatic N) is 3. The van der Waals surface area contributed by atoms with E-state index in [1.54, 1.807) is 24.0 Å². The van der Waals surface area contributed by atoms with Crippen molar-refractivity contribution < 1.29 is 5.11 Å². The molecule has 4 nitrogen and oxygen atoms in total. The second kappa shape index (κ2) is 8.14. The van der Waals surface area contributed by atoms with Crippen LogP contribution in [0.15, 0.2) is 62.2 Å². The quantitative estimate of drug-likeness (QED) is 0.626. The van der Waals surface area contributed by atoms with Crippen LogP contribution < -0.4 is 0 Å². The molecule has 1 aromatic heterocycles. The van der Waals surface area contributed by atoms with Crippen molar-refractivity contribution in [1.29, 1.82) is 0 Å². The van der Waals surface area contributed by atoms with Crippen LogP contribution >= 0.6 is 27.7 Å². The lowest BCUT2D eigenvalue weighted by Gasteiger charge is -2.05. The molecule has 20 heavy (non-hydrogen) atoms. The Morgan fingerprint density at radius 2 is 2.05 bits per heavy atom. The van der Waals surface area contributed by atoms with Crippen molar-refractivity contribution in [3.63, 3.8) is 0 Å². The van der Waals surface area contributed by atoms with Gasteiger partial charge in [-0.2, -0.15) is 5.11 Å². The molecular formula is C14H14BrN3OS. The predicted octanol–water partition coefficient (Wildman–Crippen LogP) is 4.21. The minimum absolute atomic E-state index is 0.170. The summed E-state index contributed by atoms with van der Waals surface area (Å²) in [5.74, 6) is 1.27. The molecule has 0 aliphatic carbocycles. The summed E-state index contributed by atoms with van der Waals surface area (Å²) >= 11 is 4.95. The molecule has 6 heteroatoms. The second-order valence-electron chi connectivity index (χ2n) is 3.91. The second-order valence-corrected chi connectivity index (χ2v) is 5.97. The molecule has 2 aromatic rings. The average Bonchev–Trinajstić information content (AvgIpc) is 2.48. The first-order valence-electron chi connectivity index (χ1n) is 6.10. The highest BCUT2D eigenvalue weighted by molar-refractivity contribution is 9.10. The Balaban J connectivity index is 2.01. The lowest BCUT2D eigenvalue weighted by molar-refractivity contribution is 0.322. The fourth-order valence-corrected chi connectivity index (χ4v) is 2.58. The van der Waals surface area contributed by atoms with Gasteiger partial charge >= 0.3 is 0 Å². The van der Waals surface area contributed by atoms with E-state index >= 15 is 0 Å². The highest BCUT2D eigenvalue weighted by Gasteiger charge is 2.01. The summed E-state index contributed by atoms with van der Waals surface area (Å²) in [6, 6.07) is 11.7. The summed E-state index contributed by atoms with van der Waals surface area (Å²) in [4.78, 5) is 5.26. The van der Waals surface area contributed by atoms with Crippen LogP contribution in [-0.4, -0.2) is 22.5 Å². The van der Waals surface area contributed by atoms with Crippen LogP contribution in [0.1, 0.15) is 5.56 Å².